The lowest BCUT2D eigenvalue weighted by Gasteiger charge is -2.22. The monoisotopic (exact) mass is 265 g/mol. The number of aromatic nitrogens is 2. The zero-order chi connectivity index (χ0) is 13.9. The molecule has 0 radical (unpaired) electrons. The number of aryl methyl sites for hydroxylation is 1. The topological polar surface area (TPSA) is 87.3 Å². The highest BCUT2D eigenvalue weighted by molar-refractivity contribution is 5.33. The van der Waals surface area contributed by atoms with Crippen molar-refractivity contribution in [2.75, 3.05) is 18.5 Å². The predicted octanol–water partition coefficient (Wildman–Crippen LogP) is 0.808. The van der Waals surface area contributed by atoms with E-state index in [-0.39, 0.29) is 0 Å². The number of nitrogen functional groups attached to an aromatic ring is 1. The van der Waals surface area contributed by atoms with Crippen LogP contribution in [0.2, 0.25) is 0 Å². The smallest absolute Gasteiger partial charge is 0.145 e. The van der Waals surface area contributed by atoms with Crippen LogP contribution in [0, 0.1) is 6.92 Å². The van der Waals surface area contributed by atoms with Crippen LogP contribution >= 0.6 is 0 Å². The second-order valence-electron chi connectivity index (χ2n) is 5.58. The molecule has 6 nitrogen and oxygen atoms in total. The summed E-state index contributed by atoms with van der Waals surface area (Å²) in [5.74, 6) is 6.81. The summed E-state index contributed by atoms with van der Waals surface area (Å²) >= 11 is 0. The largest absolute Gasteiger partial charge is 0.390 e. The Hall–Kier alpha value is -1.24. The van der Waals surface area contributed by atoms with E-state index < -0.39 is 5.60 Å². The molecule has 106 valence electrons. The standard InChI is InChI=1S/C13H23N5O/c1-10-8-11(17-14)16-12(15-10)9-18-6-3-4-13(2,19)5-7-18/h8,19H,3-7,9,14H2,1-2H3,(H,15,16,17). The number of rotatable bonds is 3. The Morgan fingerprint density at radius 3 is 2.95 bits per heavy atom. The number of nitrogens with two attached hydrogens (primary N) is 1. The molecule has 1 fully saturated rings. The lowest BCUT2D eigenvalue weighted by atomic mass is 9.98. The van der Waals surface area contributed by atoms with Gasteiger partial charge in [0.15, 0.2) is 0 Å². The van der Waals surface area contributed by atoms with Crippen LogP contribution in [-0.4, -0.2) is 38.7 Å². The van der Waals surface area contributed by atoms with Gasteiger partial charge in [-0.3, -0.25) is 4.90 Å². The van der Waals surface area contributed by atoms with E-state index in [0.717, 1.165) is 43.9 Å². The van der Waals surface area contributed by atoms with E-state index in [1.54, 1.807) is 0 Å². The first-order valence-corrected chi connectivity index (χ1v) is 6.74. The predicted molar refractivity (Wildman–Crippen MR) is 74.3 cm³/mol. The van der Waals surface area contributed by atoms with E-state index in [2.05, 4.69) is 20.3 Å². The van der Waals surface area contributed by atoms with Gasteiger partial charge in [0.2, 0.25) is 0 Å². The number of hydrazine groups is 1. The molecule has 19 heavy (non-hydrogen) atoms. The SMILES string of the molecule is Cc1cc(NN)nc(CN2CCCC(C)(O)CC2)n1. The number of nitrogens with zero attached hydrogens (tertiary/aromatic N) is 3. The number of anilines is 1. The minimum atomic E-state index is -0.536. The quantitative estimate of drug-likeness (QED) is 0.554. The van der Waals surface area contributed by atoms with Crippen molar-refractivity contribution >= 4 is 5.82 Å². The Bertz CT molecular complexity index is 435. The molecule has 0 saturated carbocycles. The van der Waals surface area contributed by atoms with Crippen molar-refractivity contribution in [1.29, 1.82) is 0 Å². The maximum absolute atomic E-state index is 10.1. The van der Waals surface area contributed by atoms with Crippen LogP contribution in [0.25, 0.3) is 0 Å². The summed E-state index contributed by atoms with van der Waals surface area (Å²) in [5, 5.41) is 10.1. The summed E-state index contributed by atoms with van der Waals surface area (Å²) in [6.45, 7) is 6.39. The molecule has 6 heteroatoms. The molecular formula is C13H23N5O. The van der Waals surface area contributed by atoms with Gasteiger partial charge in [-0.15, -0.1) is 0 Å². The molecule has 1 aromatic rings. The molecule has 1 aliphatic heterocycles. The highest BCUT2D eigenvalue weighted by Crippen LogP contribution is 2.22. The van der Waals surface area contributed by atoms with E-state index in [0.29, 0.717) is 12.4 Å². The van der Waals surface area contributed by atoms with Crippen LogP contribution in [0.1, 0.15) is 37.7 Å². The first-order chi connectivity index (χ1) is 8.98. The van der Waals surface area contributed by atoms with Crippen molar-refractivity contribution in [3.63, 3.8) is 0 Å². The summed E-state index contributed by atoms with van der Waals surface area (Å²) in [4.78, 5) is 11.1. The van der Waals surface area contributed by atoms with E-state index >= 15 is 0 Å². The second kappa shape index (κ2) is 5.81. The van der Waals surface area contributed by atoms with Crippen molar-refractivity contribution in [3.05, 3.63) is 17.6 Å². The molecule has 1 atom stereocenters. The van der Waals surface area contributed by atoms with Gasteiger partial charge in [-0.05, 0) is 39.7 Å². The molecule has 4 N–H and O–H groups in total. The second-order valence-corrected chi connectivity index (χ2v) is 5.58. The van der Waals surface area contributed by atoms with Gasteiger partial charge < -0.3 is 10.5 Å². The lowest BCUT2D eigenvalue weighted by Crippen LogP contribution is -2.29. The number of aliphatic hydroxyl groups is 1. The molecule has 0 spiro atoms. The lowest BCUT2D eigenvalue weighted by molar-refractivity contribution is 0.0443. The van der Waals surface area contributed by atoms with Crippen LogP contribution in [0.3, 0.4) is 0 Å². The van der Waals surface area contributed by atoms with Crippen LogP contribution in [-0.2, 0) is 6.54 Å². The van der Waals surface area contributed by atoms with Gasteiger partial charge in [0.25, 0.3) is 0 Å². The highest BCUT2D eigenvalue weighted by atomic mass is 16.3. The summed E-state index contributed by atoms with van der Waals surface area (Å²) in [6, 6.07) is 1.82. The Balaban J connectivity index is 2.02. The number of likely N-dealkylation sites (tertiary alicyclic amines) is 1. The Kier molecular flexibility index (Phi) is 4.34. The van der Waals surface area contributed by atoms with E-state index in [4.69, 9.17) is 5.84 Å². The fourth-order valence-electron chi connectivity index (χ4n) is 2.45. The molecule has 1 unspecified atom stereocenters. The number of nitrogens with one attached hydrogen (secondary N) is 1. The Morgan fingerprint density at radius 2 is 2.21 bits per heavy atom. The third kappa shape index (κ3) is 4.12. The Morgan fingerprint density at radius 1 is 1.42 bits per heavy atom. The molecule has 1 saturated heterocycles. The summed E-state index contributed by atoms with van der Waals surface area (Å²) in [7, 11) is 0. The average molecular weight is 265 g/mol. The van der Waals surface area contributed by atoms with Gasteiger partial charge in [0.05, 0.1) is 12.1 Å². The third-order valence-corrected chi connectivity index (χ3v) is 3.57. The highest BCUT2D eigenvalue weighted by Gasteiger charge is 2.25. The molecule has 0 bridgehead atoms. The summed E-state index contributed by atoms with van der Waals surface area (Å²) in [6.07, 6.45) is 2.65. The van der Waals surface area contributed by atoms with Crippen LogP contribution < -0.4 is 11.3 Å². The van der Waals surface area contributed by atoms with Gasteiger partial charge in [0, 0.05) is 18.3 Å². The normalized spacial score (nSPS) is 25.1. The van der Waals surface area contributed by atoms with E-state index in [9.17, 15) is 5.11 Å². The summed E-state index contributed by atoms with van der Waals surface area (Å²) < 4.78 is 0. The molecule has 2 heterocycles. The molecule has 0 amide bonds. The first kappa shape index (κ1) is 14.2. The van der Waals surface area contributed by atoms with Crippen molar-refractivity contribution in [2.24, 2.45) is 5.84 Å². The van der Waals surface area contributed by atoms with Gasteiger partial charge >= 0.3 is 0 Å². The molecule has 1 aliphatic rings. The van der Waals surface area contributed by atoms with Crippen molar-refractivity contribution in [1.82, 2.24) is 14.9 Å². The van der Waals surface area contributed by atoms with Gasteiger partial charge in [0.1, 0.15) is 11.6 Å². The molecular weight excluding hydrogens is 242 g/mol. The average Bonchev–Trinajstić information content (AvgIpc) is 2.50. The minimum Gasteiger partial charge on any atom is -0.390 e. The molecule has 0 aromatic carbocycles. The van der Waals surface area contributed by atoms with Crippen molar-refractivity contribution < 1.29 is 5.11 Å². The van der Waals surface area contributed by atoms with Crippen LogP contribution in [0.15, 0.2) is 6.07 Å². The van der Waals surface area contributed by atoms with Gasteiger partial charge in [-0.1, -0.05) is 0 Å². The summed E-state index contributed by atoms with van der Waals surface area (Å²) in [5.41, 5.74) is 2.93. The Labute approximate surface area is 114 Å². The molecule has 2 rings (SSSR count). The number of hydrogen-bond acceptors (Lipinski definition) is 6. The first-order valence-electron chi connectivity index (χ1n) is 6.74. The van der Waals surface area contributed by atoms with Crippen molar-refractivity contribution in [2.45, 2.75) is 45.3 Å². The fourth-order valence-corrected chi connectivity index (χ4v) is 2.45. The van der Waals surface area contributed by atoms with E-state index in [1.165, 1.54) is 0 Å². The van der Waals surface area contributed by atoms with Gasteiger partial charge in [-0.25, -0.2) is 15.8 Å². The zero-order valence-electron chi connectivity index (χ0n) is 11.7. The van der Waals surface area contributed by atoms with Gasteiger partial charge in [-0.2, -0.15) is 0 Å². The third-order valence-electron chi connectivity index (χ3n) is 3.57. The molecule has 1 aromatic heterocycles. The zero-order valence-corrected chi connectivity index (χ0v) is 11.7. The fraction of sp³-hybridized carbons (Fsp3) is 0.692. The molecule has 0 aliphatic carbocycles. The minimum absolute atomic E-state index is 0.536. The van der Waals surface area contributed by atoms with E-state index in [1.807, 2.05) is 19.9 Å². The maximum Gasteiger partial charge on any atom is 0.145 e. The number of hydrogen-bond donors (Lipinski definition) is 3. The van der Waals surface area contributed by atoms with Crippen LogP contribution in [0.5, 0.6) is 0 Å². The van der Waals surface area contributed by atoms with Crippen molar-refractivity contribution in [3.8, 4) is 0 Å². The maximum atomic E-state index is 10.1. The van der Waals surface area contributed by atoms with Crippen LogP contribution in [0.4, 0.5) is 5.82 Å².